The second-order valence-electron chi connectivity index (χ2n) is 8.15. The standard InChI is InChI=1S/C21H25ClF2N4O2/c1-27-7-4-8-28-17(11-27)19(21(30)25-16-5-2-3-6-18(16)29)26-20(28)12-9-13(22)15(24)10-14(12)23/h9-10,16,18,29H,2-8,11H2,1H3,(H,25,30)/t16-,18-/m1/s1. The van der Waals surface area contributed by atoms with Crippen molar-refractivity contribution in [1.82, 2.24) is 19.8 Å². The molecule has 0 radical (unpaired) electrons. The number of carbonyl (C=O) groups excluding carboxylic acids is 1. The summed E-state index contributed by atoms with van der Waals surface area (Å²) >= 11 is 5.89. The second kappa shape index (κ2) is 8.61. The summed E-state index contributed by atoms with van der Waals surface area (Å²) in [5.74, 6) is -1.75. The van der Waals surface area contributed by atoms with Gasteiger partial charge in [-0.15, -0.1) is 0 Å². The first-order valence-corrected chi connectivity index (χ1v) is 10.6. The number of nitrogens with zero attached hydrogens (tertiary/aromatic N) is 3. The van der Waals surface area contributed by atoms with Crippen molar-refractivity contribution in [3.63, 3.8) is 0 Å². The van der Waals surface area contributed by atoms with Crippen LogP contribution in [0.25, 0.3) is 11.4 Å². The maximum atomic E-state index is 14.6. The third kappa shape index (κ3) is 4.08. The third-order valence-corrected chi connectivity index (χ3v) is 6.22. The highest BCUT2D eigenvalue weighted by molar-refractivity contribution is 6.31. The van der Waals surface area contributed by atoms with Crippen LogP contribution in [0.1, 0.15) is 48.3 Å². The number of rotatable bonds is 3. The smallest absolute Gasteiger partial charge is 0.272 e. The molecule has 162 valence electrons. The molecule has 1 amide bonds. The number of aromatic nitrogens is 2. The monoisotopic (exact) mass is 438 g/mol. The van der Waals surface area contributed by atoms with E-state index in [0.29, 0.717) is 31.6 Å². The fourth-order valence-electron chi connectivity index (χ4n) is 4.32. The molecule has 0 bridgehead atoms. The van der Waals surface area contributed by atoms with E-state index < -0.39 is 17.7 Å². The van der Waals surface area contributed by atoms with Gasteiger partial charge < -0.3 is 19.9 Å². The lowest BCUT2D eigenvalue weighted by atomic mass is 9.92. The van der Waals surface area contributed by atoms with Crippen molar-refractivity contribution in [2.45, 2.75) is 57.3 Å². The minimum absolute atomic E-state index is 0.0592. The van der Waals surface area contributed by atoms with Crippen LogP contribution in [0, 0.1) is 11.6 Å². The van der Waals surface area contributed by atoms with Crippen LogP contribution in [-0.2, 0) is 13.1 Å². The van der Waals surface area contributed by atoms with Gasteiger partial charge >= 0.3 is 0 Å². The van der Waals surface area contributed by atoms with Gasteiger partial charge in [-0.3, -0.25) is 4.79 Å². The van der Waals surface area contributed by atoms with Crippen LogP contribution < -0.4 is 5.32 Å². The Balaban J connectivity index is 1.76. The Kier molecular flexibility index (Phi) is 6.09. The molecule has 1 aromatic carbocycles. The number of benzene rings is 1. The summed E-state index contributed by atoms with van der Waals surface area (Å²) in [4.78, 5) is 19.7. The SMILES string of the molecule is CN1CCCn2c(-c3cc(Cl)c(F)cc3F)nc(C(=O)N[C@@H]3CCCC[C@H]3O)c2C1. The zero-order valence-electron chi connectivity index (χ0n) is 16.8. The van der Waals surface area contributed by atoms with Crippen LogP contribution in [0.5, 0.6) is 0 Å². The predicted octanol–water partition coefficient (Wildman–Crippen LogP) is 3.35. The van der Waals surface area contributed by atoms with Gasteiger partial charge in [0.15, 0.2) is 5.69 Å². The molecule has 6 nitrogen and oxygen atoms in total. The van der Waals surface area contributed by atoms with Crippen molar-refractivity contribution >= 4 is 17.5 Å². The first-order chi connectivity index (χ1) is 14.3. The van der Waals surface area contributed by atoms with Gasteiger partial charge in [0.2, 0.25) is 0 Å². The van der Waals surface area contributed by atoms with Gasteiger partial charge in [-0.25, -0.2) is 13.8 Å². The minimum atomic E-state index is -0.843. The molecule has 1 aromatic heterocycles. The van der Waals surface area contributed by atoms with Crippen molar-refractivity contribution in [3.05, 3.63) is 40.2 Å². The number of hydrogen-bond donors (Lipinski definition) is 2. The average molecular weight is 439 g/mol. The molecule has 1 aliphatic heterocycles. The van der Waals surface area contributed by atoms with Gasteiger partial charge in [-0.1, -0.05) is 24.4 Å². The number of aliphatic hydroxyl groups is 1. The van der Waals surface area contributed by atoms with Crippen molar-refractivity contribution in [2.24, 2.45) is 0 Å². The quantitative estimate of drug-likeness (QED) is 0.721. The molecule has 2 atom stereocenters. The minimum Gasteiger partial charge on any atom is -0.391 e. The number of amides is 1. The Labute approximate surface area is 178 Å². The summed E-state index contributed by atoms with van der Waals surface area (Å²) in [6.07, 6.45) is 3.45. The highest BCUT2D eigenvalue weighted by Crippen LogP contribution is 2.31. The summed E-state index contributed by atoms with van der Waals surface area (Å²) in [5.41, 5.74) is 0.938. The third-order valence-electron chi connectivity index (χ3n) is 5.93. The van der Waals surface area contributed by atoms with Gasteiger partial charge in [0, 0.05) is 19.2 Å². The molecule has 30 heavy (non-hydrogen) atoms. The molecule has 1 aliphatic carbocycles. The molecule has 1 fully saturated rings. The van der Waals surface area contributed by atoms with E-state index in [9.17, 15) is 18.7 Å². The Morgan fingerprint density at radius 3 is 2.73 bits per heavy atom. The Hall–Kier alpha value is -2.03. The van der Waals surface area contributed by atoms with E-state index in [4.69, 9.17) is 11.6 Å². The molecule has 2 aromatic rings. The molecule has 1 saturated carbocycles. The number of imidazole rings is 1. The van der Waals surface area contributed by atoms with Gasteiger partial charge in [0.25, 0.3) is 5.91 Å². The molecule has 0 unspecified atom stereocenters. The summed E-state index contributed by atoms with van der Waals surface area (Å²) in [5, 5.41) is 12.9. The number of carbonyl (C=O) groups is 1. The van der Waals surface area contributed by atoms with Crippen LogP contribution in [-0.4, -0.2) is 51.2 Å². The lowest BCUT2D eigenvalue weighted by Crippen LogP contribution is -2.45. The number of nitrogens with one attached hydrogen (secondary N) is 1. The van der Waals surface area contributed by atoms with Crippen molar-refractivity contribution in [2.75, 3.05) is 13.6 Å². The fraction of sp³-hybridized carbons (Fsp3) is 0.524. The zero-order valence-corrected chi connectivity index (χ0v) is 17.6. The molecular formula is C21H25ClF2N4O2. The number of fused-ring (bicyclic) bond motifs is 1. The van der Waals surface area contributed by atoms with E-state index in [0.717, 1.165) is 31.9 Å². The van der Waals surface area contributed by atoms with Gasteiger partial charge in [-0.2, -0.15) is 0 Å². The van der Waals surface area contributed by atoms with Crippen molar-refractivity contribution < 1.29 is 18.7 Å². The molecule has 0 saturated heterocycles. The molecule has 0 spiro atoms. The van der Waals surface area contributed by atoms with E-state index in [-0.39, 0.29) is 34.1 Å². The van der Waals surface area contributed by atoms with Crippen molar-refractivity contribution in [3.8, 4) is 11.4 Å². The number of aliphatic hydroxyl groups excluding tert-OH is 1. The Morgan fingerprint density at radius 2 is 1.97 bits per heavy atom. The summed E-state index contributed by atoms with van der Waals surface area (Å²) in [7, 11) is 1.95. The topological polar surface area (TPSA) is 70.4 Å². The van der Waals surface area contributed by atoms with Crippen LogP contribution in [0.4, 0.5) is 8.78 Å². The summed E-state index contributed by atoms with van der Waals surface area (Å²) < 4.78 is 30.1. The van der Waals surface area contributed by atoms with Crippen LogP contribution >= 0.6 is 11.6 Å². The van der Waals surface area contributed by atoms with E-state index >= 15 is 0 Å². The zero-order chi connectivity index (χ0) is 21.4. The summed E-state index contributed by atoms with van der Waals surface area (Å²) in [6.45, 7) is 1.84. The van der Waals surface area contributed by atoms with Gasteiger partial charge in [0.1, 0.15) is 17.5 Å². The summed E-state index contributed by atoms with van der Waals surface area (Å²) in [6, 6.07) is 1.62. The molecule has 4 rings (SSSR count). The normalized spacial score (nSPS) is 22.4. The van der Waals surface area contributed by atoms with Crippen LogP contribution in [0.3, 0.4) is 0 Å². The fourth-order valence-corrected chi connectivity index (χ4v) is 4.48. The first-order valence-electron chi connectivity index (χ1n) is 10.3. The molecule has 2 aliphatic rings. The van der Waals surface area contributed by atoms with Crippen molar-refractivity contribution in [1.29, 1.82) is 0 Å². The highest BCUT2D eigenvalue weighted by atomic mass is 35.5. The average Bonchev–Trinajstić information content (AvgIpc) is 2.93. The van der Waals surface area contributed by atoms with E-state index in [2.05, 4.69) is 15.2 Å². The maximum absolute atomic E-state index is 14.6. The molecule has 2 heterocycles. The predicted molar refractivity (Wildman–Crippen MR) is 109 cm³/mol. The lowest BCUT2D eigenvalue weighted by Gasteiger charge is -2.28. The Bertz CT molecular complexity index is 965. The Morgan fingerprint density at radius 1 is 1.20 bits per heavy atom. The number of halogens is 3. The molecular weight excluding hydrogens is 414 g/mol. The van der Waals surface area contributed by atoms with Gasteiger partial charge in [0.05, 0.1) is 28.4 Å². The largest absolute Gasteiger partial charge is 0.391 e. The first kappa shape index (κ1) is 21.2. The lowest BCUT2D eigenvalue weighted by molar-refractivity contribution is 0.0713. The second-order valence-corrected chi connectivity index (χ2v) is 8.56. The van der Waals surface area contributed by atoms with Crippen LogP contribution in [0.2, 0.25) is 5.02 Å². The van der Waals surface area contributed by atoms with E-state index in [1.54, 1.807) is 0 Å². The van der Waals surface area contributed by atoms with E-state index in [1.165, 1.54) is 6.07 Å². The number of hydrogen-bond acceptors (Lipinski definition) is 4. The van der Waals surface area contributed by atoms with E-state index in [1.807, 2.05) is 11.6 Å². The maximum Gasteiger partial charge on any atom is 0.272 e. The highest BCUT2D eigenvalue weighted by Gasteiger charge is 2.30. The van der Waals surface area contributed by atoms with Crippen LogP contribution in [0.15, 0.2) is 12.1 Å². The van der Waals surface area contributed by atoms with Gasteiger partial charge in [-0.05, 0) is 38.9 Å². The molecule has 2 N–H and O–H groups in total. The molecule has 9 heteroatoms.